The summed E-state index contributed by atoms with van der Waals surface area (Å²) in [6.45, 7) is 8.43. The summed E-state index contributed by atoms with van der Waals surface area (Å²) in [5, 5.41) is 3.19. The second kappa shape index (κ2) is 6.40. The van der Waals surface area contributed by atoms with Gasteiger partial charge in [-0.2, -0.15) is 0 Å². The minimum atomic E-state index is 0.512. The summed E-state index contributed by atoms with van der Waals surface area (Å²) in [6, 6.07) is 3.91. The predicted molar refractivity (Wildman–Crippen MR) is 55.9 cm³/mol. The monoisotopic (exact) mass is 195 g/mol. The van der Waals surface area contributed by atoms with Crippen molar-refractivity contribution < 1.29 is 9.15 Å². The van der Waals surface area contributed by atoms with Crippen LogP contribution in [0.2, 0.25) is 0 Å². The minimum Gasteiger partial charge on any atom is -0.462 e. The molecule has 0 spiro atoms. The van der Waals surface area contributed by atoms with Crippen LogP contribution < -0.4 is 5.32 Å². The molecule has 0 saturated carbocycles. The first-order valence-corrected chi connectivity index (χ1v) is 4.83. The molecule has 0 saturated heterocycles. The number of ether oxygens (including phenoxy) is 1. The molecule has 0 atom stereocenters. The van der Waals surface area contributed by atoms with Gasteiger partial charge >= 0.3 is 0 Å². The highest BCUT2D eigenvalue weighted by Crippen LogP contribution is 2.08. The highest BCUT2D eigenvalue weighted by atomic mass is 16.5. The highest BCUT2D eigenvalue weighted by molar-refractivity contribution is 5.06. The van der Waals surface area contributed by atoms with Gasteiger partial charge in [0.1, 0.15) is 18.1 Å². The maximum Gasteiger partial charge on any atom is 0.129 e. The Morgan fingerprint density at radius 3 is 3.00 bits per heavy atom. The van der Waals surface area contributed by atoms with Gasteiger partial charge in [-0.3, -0.25) is 0 Å². The van der Waals surface area contributed by atoms with Crippen LogP contribution in [-0.4, -0.2) is 13.2 Å². The van der Waals surface area contributed by atoms with Crippen LogP contribution in [0, 0.1) is 0 Å². The van der Waals surface area contributed by atoms with Crippen LogP contribution in [0.15, 0.2) is 29.2 Å². The van der Waals surface area contributed by atoms with Crippen molar-refractivity contribution in [1.82, 2.24) is 5.32 Å². The Morgan fingerprint density at radius 1 is 1.50 bits per heavy atom. The molecule has 0 unspecified atom stereocenters. The minimum absolute atomic E-state index is 0.512. The van der Waals surface area contributed by atoms with Crippen molar-refractivity contribution in [3.63, 3.8) is 0 Å². The van der Waals surface area contributed by atoms with E-state index in [1.807, 2.05) is 12.1 Å². The fraction of sp³-hybridized carbons (Fsp3) is 0.455. The summed E-state index contributed by atoms with van der Waals surface area (Å²) in [5.41, 5.74) is 0. The van der Waals surface area contributed by atoms with Crippen molar-refractivity contribution in [2.24, 2.45) is 0 Å². The molecule has 1 heterocycles. The summed E-state index contributed by atoms with van der Waals surface area (Å²) in [5.74, 6) is 1.81. The Morgan fingerprint density at radius 2 is 2.29 bits per heavy atom. The average Bonchev–Trinajstić information content (AvgIpc) is 2.63. The zero-order valence-corrected chi connectivity index (χ0v) is 8.58. The molecule has 0 aliphatic rings. The Balaban J connectivity index is 2.31. The fourth-order valence-corrected chi connectivity index (χ4v) is 1.09. The van der Waals surface area contributed by atoms with Gasteiger partial charge in [0.25, 0.3) is 0 Å². The molecule has 3 heteroatoms. The first kappa shape index (κ1) is 11.0. The van der Waals surface area contributed by atoms with Crippen LogP contribution in [0.3, 0.4) is 0 Å². The lowest BCUT2D eigenvalue weighted by atomic mass is 10.4. The van der Waals surface area contributed by atoms with Crippen LogP contribution in [-0.2, 0) is 17.9 Å². The third-order valence-corrected chi connectivity index (χ3v) is 1.75. The molecular weight excluding hydrogens is 178 g/mol. The van der Waals surface area contributed by atoms with Gasteiger partial charge in [0, 0.05) is 0 Å². The summed E-state index contributed by atoms with van der Waals surface area (Å²) >= 11 is 0. The molecule has 1 N–H and O–H groups in total. The first-order chi connectivity index (χ1) is 6.86. The molecule has 0 fully saturated rings. The van der Waals surface area contributed by atoms with Crippen molar-refractivity contribution >= 4 is 0 Å². The van der Waals surface area contributed by atoms with Gasteiger partial charge in [0.2, 0.25) is 0 Å². The maximum atomic E-state index is 5.51. The van der Waals surface area contributed by atoms with Crippen molar-refractivity contribution in [1.29, 1.82) is 0 Å². The number of hydrogen-bond acceptors (Lipinski definition) is 3. The number of furan rings is 1. The van der Waals surface area contributed by atoms with Gasteiger partial charge in [-0.05, 0) is 18.7 Å². The Hall–Kier alpha value is -1.06. The van der Waals surface area contributed by atoms with E-state index in [1.165, 1.54) is 0 Å². The lowest BCUT2D eigenvalue weighted by Crippen LogP contribution is -2.10. The van der Waals surface area contributed by atoms with Crippen molar-refractivity contribution in [3.05, 3.63) is 36.3 Å². The summed E-state index contributed by atoms with van der Waals surface area (Å²) < 4.78 is 10.8. The van der Waals surface area contributed by atoms with Gasteiger partial charge in [-0.1, -0.05) is 13.0 Å². The average molecular weight is 195 g/mol. The van der Waals surface area contributed by atoms with Crippen molar-refractivity contribution in [2.75, 3.05) is 13.2 Å². The predicted octanol–water partition coefficient (Wildman–Crippen LogP) is 2.09. The first-order valence-electron chi connectivity index (χ1n) is 4.83. The van der Waals surface area contributed by atoms with E-state index in [4.69, 9.17) is 9.15 Å². The second-order valence-corrected chi connectivity index (χ2v) is 2.95. The van der Waals surface area contributed by atoms with Crippen LogP contribution in [0.4, 0.5) is 0 Å². The maximum absolute atomic E-state index is 5.51. The highest BCUT2D eigenvalue weighted by Gasteiger charge is 2.00. The van der Waals surface area contributed by atoms with E-state index in [-0.39, 0.29) is 0 Å². The van der Waals surface area contributed by atoms with E-state index >= 15 is 0 Å². The van der Waals surface area contributed by atoms with Gasteiger partial charge < -0.3 is 14.5 Å². The van der Waals surface area contributed by atoms with Gasteiger partial charge in [0.05, 0.1) is 13.2 Å². The number of hydrogen-bond donors (Lipinski definition) is 1. The zero-order valence-electron chi connectivity index (χ0n) is 8.58. The van der Waals surface area contributed by atoms with Crippen molar-refractivity contribution in [3.8, 4) is 0 Å². The topological polar surface area (TPSA) is 34.4 Å². The molecule has 0 radical (unpaired) electrons. The third-order valence-electron chi connectivity index (χ3n) is 1.75. The molecule has 1 rings (SSSR count). The zero-order chi connectivity index (χ0) is 10.2. The quantitative estimate of drug-likeness (QED) is 0.534. The van der Waals surface area contributed by atoms with E-state index in [9.17, 15) is 0 Å². The van der Waals surface area contributed by atoms with Crippen LogP contribution in [0.25, 0.3) is 0 Å². The van der Waals surface area contributed by atoms with Crippen LogP contribution in [0.5, 0.6) is 0 Å². The standard InChI is InChI=1S/C11H17NO2/c1-3-7-13-9-11-6-5-10(14-11)8-12-4-2/h3,5-6,12H,1,4,7-9H2,2H3. The Bertz CT molecular complexity index is 268. The molecule has 78 valence electrons. The molecule has 0 aliphatic carbocycles. The Labute approximate surface area is 84.8 Å². The normalized spacial score (nSPS) is 10.4. The molecule has 0 aliphatic heterocycles. The summed E-state index contributed by atoms with van der Waals surface area (Å²) in [4.78, 5) is 0. The molecule has 0 amide bonds. The molecule has 3 nitrogen and oxygen atoms in total. The molecule has 0 bridgehead atoms. The Kier molecular flexibility index (Phi) is 5.04. The van der Waals surface area contributed by atoms with Gasteiger partial charge in [0.15, 0.2) is 0 Å². The van der Waals surface area contributed by atoms with Gasteiger partial charge in [-0.15, -0.1) is 6.58 Å². The SMILES string of the molecule is C=CCOCc1ccc(CNCC)o1. The van der Waals surface area contributed by atoms with Crippen LogP contribution in [0.1, 0.15) is 18.4 Å². The lowest BCUT2D eigenvalue weighted by Gasteiger charge is -1.98. The number of nitrogens with one attached hydrogen (secondary N) is 1. The fourth-order valence-electron chi connectivity index (χ4n) is 1.09. The molecule has 1 aromatic rings. The second-order valence-electron chi connectivity index (χ2n) is 2.95. The van der Waals surface area contributed by atoms with E-state index < -0.39 is 0 Å². The third kappa shape index (κ3) is 3.77. The summed E-state index contributed by atoms with van der Waals surface area (Å²) in [6.07, 6.45) is 1.72. The smallest absolute Gasteiger partial charge is 0.129 e. The lowest BCUT2D eigenvalue weighted by molar-refractivity contribution is 0.130. The number of rotatable bonds is 7. The molecule has 14 heavy (non-hydrogen) atoms. The van der Waals surface area contributed by atoms with Crippen LogP contribution >= 0.6 is 0 Å². The van der Waals surface area contributed by atoms with E-state index in [0.717, 1.165) is 24.6 Å². The molecule has 0 aromatic carbocycles. The van der Waals surface area contributed by atoms with E-state index in [2.05, 4.69) is 18.8 Å². The van der Waals surface area contributed by atoms with E-state index in [0.29, 0.717) is 13.2 Å². The molecule has 1 aromatic heterocycles. The van der Waals surface area contributed by atoms with Gasteiger partial charge in [-0.25, -0.2) is 0 Å². The largest absolute Gasteiger partial charge is 0.462 e. The summed E-state index contributed by atoms with van der Waals surface area (Å²) in [7, 11) is 0. The van der Waals surface area contributed by atoms with Crippen molar-refractivity contribution in [2.45, 2.75) is 20.1 Å². The van der Waals surface area contributed by atoms with E-state index in [1.54, 1.807) is 6.08 Å². The molecular formula is C11H17NO2.